The highest BCUT2D eigenvalue weighted by Gasteiger charge is 2.09. The molecule has 0 heterocycles. The van der Waals surface area contributed by atoms with E-state index in [1.807, 2.05) is 0 Å². The van der Waals surface area contributed by atoms with Crippen LogP contribution < -0.4 is 0 Å². The average molecular weight is 701 g/mol. The van der Waals surface area contributed by atoms with E-state index < -0.39 is 5.97 Å². The van der Waals surface area contributed by atoms with Crippen LogP contribution in [0, 0.1) is 0 Å². The van der Waals surface area contributed by atoms with E-state index in [2.05, 4.69) is 50.3 Å². The normalized spacial score (nSPS) is 12.5. The van der Waals surface area contributed by atoms with E-state index in [1.54, 1.807) is 0 Å². The van der Waals surface area contributed by atoms with Gasteiger partial charge in [-0.25, -0.2) is 0 Å². The van der Waals surface area contributed by atoms with Gasteiger partial charge in [0.1, 0.15) is 0 Å². The number of carbonyl (C=O) groups is 2. The summed E-state index contributed by atoms with van der Waals surface area (Å²) in [5.74, 6) is -0.655. The second-order valence-electron chi connectivity index (χ2n) is 15.0. The first-order valence-electron chi connectivity index (χ1n) is 21.9. The zero-order valence-corrected chi connectivity index (χ0v) is 33.5. The van der Waals surface area contributed by atoms with E-state index >= 15 is 0 Å². The summed E-state index contributed by atoms with van der Waals surface area (Å²) < 4.78 is 5.67. The number of carboxylic acid groups (broad SMARTS) is 1. The molecule has 50 heavy (non-hydrogen) atoms. The molecule has 0 rings (SSSR count). The highest BCUT2D eigenvalue weighted by atomic mass is 16.5. The SMILES string of the molecule is CC/C=C\C/C=C\C/C=C\CCCCCCCCCCCC(=O)OC(C)CCCCCCCCCCCCCCCCCCCCCC(=O)O. The first-order valence-corrected chi connectivity index (χ1v) is 21.9. The third kappa shape index (κ3) is 42.3. The van der Waals surface area contributed by atoms with Gasteiger partial charge < -0.3 is 9.84 Å². The molecule has 4 heteroatoms. The molecule has 0 aromatic carbocycles. The molecule has 0 amide bonds. The van der Waals surface area contributed by atoms with Crippen molar-refractivity contribution in [1.82, 2.24) is 0 Å². The largest absolute Gasteiger partial charge is 0.481 e. The van der Waals surface area contributed by atoms with Crippen molar-refractivity contribution in [3.63, 3.8) is 0 Å². The predicted molar refractivity (Wildman–Crippen MR) is 218 cm³/mol. The fraction of sp³-hybridized carbons (Fsp3) is 0.826. The van der Waals surface area contributed by atoms with Crippen molar-refractivity contribution in [3.05, 3.63) is 36.5 Å². The molecule has 0 saturated heterocycles. The monoisotopic (exact) mass is 701 g/mol. The highest BCUT2D eigenvalue weighted by Crippen LogP contribution is 2.17. The Morgan fingerprint density at radius 2 is 0.800 bits per heavy atom. The third-order valence-corrected chi connectivity index (χ3v) is 9.87. The zero-order chi connectivity index (χ0) is 36.4. The molecule has 292 valence electrons. The second-order valence-corrected chi connectivity index (χ2v) is 15.0. The summed E-state index contributed by atoms with van der Waals surface area (Å²) >= 11 is 0. The minimum atomic E-state index is -0.660. The lowest BCUT2D eigenvalue weighted by molar-refractivity contribution is -0.148. The molecule has 0 spiro atoms. The van der Waals surface area contributed by atoms with Crippen LogP contribution in [0.4, 0.5) is 0 Å². The Labute approximate surface area is 311 Å². The number of hydrogen-bond acceptors (Lipinski definition) is 3. The van der Waals surface area contributed by atoms with Gasteiger partial charge in [-0.3, -0.25) is 9.59 Å². The van der Waals surface area contributed by atoms with Gasteiger partial charge in [0.25, 0.3) is 0 Å². The van der Waals surface area contributed by atoms with Crippen molar-refractivity contribution in [2.45, 2.75) is 245 Å². The Balaban J connectivity index is 3.31. The van der Waals surface area contributed by atoms with Gasteiger partial charge in [-0.05, 0) is 64.7 Å². The Bertz CT molecular complexity index is 798. The molecule has 1 N–H and O–H groups in total. The summed E-state index contributed by atoms with van der Waals surface area (Å²) in [5.41, 5.74) is 0. The summed E-state index contributed by atoms with van der Waals surface area (Å²) in [6.45, 7) is 4.24. The van der Waals surface area contributed by atoms with Crippen molar-refractivity contribution < 1.29 is 19.4 Å². The number of hydrogen-bond donors (Lipinski definition) is 1. The van der Waals surface area contributed by atoms with Gasteiger partial charge in [-0.2, -0.15) is 0 Å². The fourth-order valence-corrected chi connectivity index (χ4v) is 6.65. The van der Waals surface area contributed by atoms with E-state index in [1.165, 1.54) is 161 Å². The van der Waals surface area contributed by atoms with Gasteiger partial charge in [0, 0.05) is 12.8 Å². The number of carbonyl (C=O) groups excluding carboxylic acids is 1. The standard InChI is InChI=1S/C46H84O4/c1-3-4-5-6-7-8-9-10-11-12-14-19-22-25-28-31-34-37-40-43-46(49)50-44(2)41-38-35-32-29-26-23-20-17-15-13-16-18-21-24-27-30-33-36-39-42-45(47)48/h4-5,7-8,10-11,44H,3,6,9,12-43H2,1-2H3,(H,47,48)/b5-4-,8-7-,11-10-. The molecule has 1 unspecified atom stereocenters. The number of rotatable bonds is 40. The maximum atomic E-state index is 12.2. The van der Waals surface area contributed by atoms with Crippen LogP contribution in [0.3, 0.4) is 0 Å². The molecule has 0 aromatic heterocycles. The molecule has 0 bridgehead atoms. The molecule has 0 radical (unpaired) electrons. The molecule has 1 atom stereocenters. The minimum absolute atomic E-state index is 0.00463. The van der Waals surface area contributed by atoms with Crippen molar-refractivity contribution in [2.75, 3.05) is 0 Å². The number of allylic oxidation sites excluding steroid dienone is 6. The predicted octanol–water partition coefficient (Wildman–Crippen LogP) is 15.3. The summed E-state index contributed by atoms with van der Waals surface area (Å²) in [6, 6.07) is 0. The van der Waals surface area contributed by atoms with Gasteiger partial charge in [0.2, 0.25) is 0 Å². The Morgan fingerprint density at radius 3 is 1.22 bits per heavy atom. The first-order chi connectivity index (χ1) is 24.6. The van der Waals surface area contributed by atoms with Crippen LogP contribution in [-0.4, -0.2) is 23.1 Å². The first kappa shape index (κ1) is 48.2. The lowest BCUT2D eigenvalue weighted by Gasteiger charge is -2.13. The summed E-state index contributed by atoms with van der Waals surface area (Å²) in [7, 11) is 0. The lowest BCUT2D eigenvalue weighted by atomic mass is 10.0. The van der Waals surface area contributed by atoms with Crippen LogP contribution >= 0.6 is 0 Å². The second kappa shape index (κ2) is 41.6. The van der Waals surface area contributed by atoms with Gasteiger partial charge in [-0.1, -0.05) is 197 Å². The quantitative estimate of drug-likeness (QED) is 0.0393. The van der Waals surface area contributed by atoms with Crippen molar-refractivity contribution in [2.24, 2.45) is 0 Å². The van der Waals surface area contributed by atoms with Gasteiger partial charge in [0.05, 0.1) is 6.10 Å². The van der Waals surface area contributed by atoms with Crippen molar-refractivity contribution in [3.8, 4) is 0 Å². The van der Waals surface area contributed by atoms with E-state index in [0.29, 0.717) is 12.8 Å². The van der Waals surface area contributed by atoms with Crippen LogP contribution in [0.5, 0.6) is 0 Å². The van der Waals surface area contributed by atoms with E-state index in [9.17, 15) is 9.59 Å². The third-order valence-electron chi connectivity index (χ3n) is 9.87. The van der Waals surface area contributed by atoms with Crippen LogP contribution in [0.15, 0.2) is 36.5 Å². The topological polar surface area (TPSA) is 63.6 Å². The Kier molecular flexibility index (Phi) is 40.0. The molecule has 4 nitrogen and oxygen atoms in total. The molecular formula is C46H84O4. The van der Waals surface area contributed by atoms with Crippen LogP contribution in [0.1, 0.15) is 239 Å². The van der Waals surface area contributed by atoms with Gasteiger partial charge >= 0.3 is 11.9 Å². The fourth-order valence-electron chi connectivity index (χ4n) is 6.65. The molecule has 0 aliphatic heterocycles. The summed E-state index contributed by atoms with van der Waals surface area (Å²) in [4.78, 5) is 22.7. The Hall–Kier alpha value is -1.84. The minimum Gasteiger partial charge on any atom is -0.481 e. The smallest absolute Gasteiger partial charge is 0.306 e. The Morgan fingerprint density at radius 1 is 0.460 bits per heavy atom. The molecule has 0 fully saturated rings. The number of esters is 1. The lowest BCUT2D eigenvalue weighted by Crippen LogP contribution is -2.14. The summed E-state index contributed by atoms with van der Waals surface area (Å²) in [5, 5.41) is 8.65. The van der Waals surface area contributed by atoms with Crippen molar-refractivity contribution in [1.29, 1.82) is 0 Å². The van der Waals surface area contributed by atoms with Gasteiger partial charge in [-0.15, -0.1) is 0 Å². The number of aliphatic carboxylic acids is 1. The van der Waals surface area contributed by atoms with Crippen LogP contribution in [0.25, 0.3) is 0 Å². The number of carboxylic acids is 1. The molecule has 0 saturated carbocycles. The van der Waals surface area contributed by atoms with Crippen LogP contribution in [-0.2, 0) is 14.3 Å². The van der Waals surface area contributed by atoms with Gasteiger partial charge in [0.15, 0.2) is 0 Å². The maximum Gasteiger partial charge on any atom is 0.306 e. The zero-order valence-electron chi connectivity index (χ0n) is 33.5. The van der Waals surface area contributed by atoms with Crippen molar-refractivity contribution >= 4 is 11.9 Å². The average Bonchev–Trinajstić information content (AvgIpc) is 3.09. The molecule has 0 aromatic rings. The maximum absolute atomic E-state index is 12.2. The van der Waals surface area contributed by atoms with E-state index in [0.717, 1.165) is 51.4 Å². The van der Waals surface area contributed by atoms with Crippen LogP contribution in [0.2, 0.25) is 0 Å². The number of unbranched alkanes of at least 4 members (excludes halogenated alkanes) is 27. The molecule has 0 aliphatic carbocycles. The highest BCUT2D eigenvalue weighted by molar-refractivity contribution is 5.69. The number of ether oxygens (including phenoxy) is 1. The van der Waals surface area contributed by atoms with E-state index in [4.69, 9.17) is 9.84 Å². The molecular weight excluding hydrogens is 617 g/mol. The molecule has 0 aliphatic rings. The summed E-state index contributed by atoms with van der Waals surface area (Å²) in [6.07, 6.45) is 56.0. The van der Waals surface area contributed by atoms with E-state index in [-0.39, 0.29) is 12.1 Å².